The summed E-state index contributed by atoms with van der Waals surface area (Å²) < 4.78 is 5.15. The molecule has 17 heavy (non-hydrogen) atoms. The molecule has 0 heterocycles. The van der Waals surface area contributed by atoms with Gasteiger partial charge in [-0.15, -0.1) is 0 Å². The smallest absolute Gasteiger partial charge is 0.306 e. The molecule has 0 atom stereocenters. The molecule has 0 saturated heterocycles. The Kier molecular flexibility index (Phi) is 9.44. The van der Waals surface area contributed by atoms with E-state index >= 15 is 0 Å². The minimum absolute atomic E-state index is 0.100. The third kappa shape index (κ3) is 11.2. The van der Waals surface area contributed by atoms with Gasteiger partial charge in [0.05, 0.1) is 0 Å². The Morgan fingerprint density at radius 3 is 2.59 bits per heavy atom. The SMILES string of the molecule is CC=CC=C(C)COC(=O)CCCCN(C)C. The lowest BCUT2D eigenvalue weighted by atomic mass is 10.2. The van der Waals surface area contributed by atoms with Crippen LogP contribution in [0.3, 0.4) is 0 Å². The zero-order chi connectivity index (χ0) is 13.1. The zero-order valence-electron chi connectivity index (χ0n) is 11.5. The molecule has 0 bridgehead atoms. The predicted octanol–water partition coefficient (Wildman–Crippen LogP) is 2.78. The molecule has 3 heteroatoms. The van der Waals surface area contributed by atoms with Crippen LogP contribution in [0, 0.1) is 0 Å². The second-order valence-electron chi connectivity index (χ2n) is 4.46. The van der Waals surface area contributed by atoms with Gasteiger partial charge in [0, 0.05) is 6.42 Å². The Morgan fingerprint density at radius 1 is 1.29 bits per heavy atom. The van der Waals surface area contributed by atoms with Crippen molar-refractivity contribution in [1.82, 2.24) is 4.90 Å². The summed E-state index contributed by atoms with van der Waals surface area (Å²) in [5.74, 6) is -0.100. The summed E-state index contributed by atoms with van der Waals surface area (Å²) >= 11 is 0. The van der Waals surface area contributed by atoms with E-state index in [-0.39, 0.29) is 5.97 Å². The highest BCUT2D eigenvalue weighted by molar-refractivity contribution is 5.69. The molecule has 0 spiro atoms. The summed E-state index contributed by atoms with van der Waals surface area (Å²) in [6.07, 6.45) is 8.31. The van der Waals surface area contributed by atoms with E-state index in [4.69, 9.17) is 4.74 Å². The molecule has 0 aromatic rings. The summed E-state index contributed by atoms with van der Waals surface area (Å²) in [4.78, 5) is 13.5. The second-order valence-corrected chi connectivity index (χ2v) is 4.46. The van der Waals surface area contributed by atoms with Crippen LogP contribution in [0.25, 0.3) is 0 Å². The highest BCUT2D eigenvalue weighted by atomic mass is 16.5. The largest absolute Gasteiger partial charge is 0.461 e. The van der Waals surface area contributed by atoms with Crippen molar-refractivity contribution >= 4 is 5.97 Å². The fourth-order valence-corrected chi connectivity index (χ4v) is 1.27. The van der Waals surface area contributed by atoms with Crippen LogP contribution in [0.5, 0.6) is 0 Å². The maximum Gasteiger partial charge on any atom is 0.306 e. The molecule has 0 aliphatic carbocycles. The Hall–Kier alpha value is -1.09. The zero-order valence-corrected chi connectivity index (χ0v) is 11.5. The lowest BCUT2D eigenvalue weighted by Gasteiger charge is -2.08. The van der Waals surface area contributed by atoms with Crippen LogP contribution in [-0.2, 0) is 9.53 Å². The number of ether oxygens (including phenoxy) is 1. The van der Waals surface area contributed by atoms with Crippen molar-refractivity contribution in [2.45, 2.75) is 33.1 Å². The number of hydrogen-bond acceptors (Lipinski definition) is 3. The number of esters is 1. The van der Waals surface area contributed by atoms with E-state index in [9.17, 15) is 4.79 Å². The van der Waals surface area contributed by atoms with Crippen LogP contribution in [-0.4, -0.2) is 38.1 Å². The first-order valence-electron chi connectivity index (χ1n) is 6.15. The van der Waals surface area contributed by atoms with Crippen molar-refractivity contribution in [2.24, 2.45) is 0 Å². The third-order valence-corrected chi connectivity index (χ3v) is 2.27. The monoisotopic (exact) mass is 239 g/mol. The van der Waals surface area contributed by atoms with Gasteiger partial charge in [-0.05, 0) is 52.9 Å². The number of nitrogens with zero attached hydrogens (tertiary/aromatic N) is 1. The Morgan fingerprint density at radius 2 is 2.00 bits per heavy atom. The maximum absolute atomic E-state index is 11.4. The van der Waals surface area contributed by atoms with Crippen LogP contribution >= 0.6 is 0 Å². The Balaban J connectivity index is 3.59. The van der Waals surface area contributed by atoms with Crippen molar-refractivity contribution in [3.63, 3.8) is 0 Å². The van der Waals surface area contributed by atoms with Crippen molar-refractivity contribution in [3.8, 4) is 0 Å². The van der Waals surface area contributed by atoms with E-state index in [1.54, 1.807) is 0 Å². The second kappa shape index (κ2) is 10.1. The number of unbranched alkanes of at least 4 members (excludes halogenated alkanes) is 1. The van der Waals surface area contributed by atoms with Crippen molar-refractivity contribution in [3.05, 3.63) is 23.8 Å². The molecule has 0 saturated carbocycles. The molecular weight excluding hydrogens is 214 g/mol. The first kappa shape index (κ1) is 15.9. The summed E-state index contributed by atoms with van der Waals surface area (Å²) in [6.45, 7) is 5.34. The van der Waals surface area contributed by atoms with E-state index in [1.165, 1.54) is 0 Å². The van der Waals surface area contributed by atoms with Gasteiger partial charge in [0.2, 0.25) is 0 Å². The lowest BCUT2D eigenvalue weighted by molar-refractivity contribution is -0.142. The first-order valence-corrected chi connectivity index (χ1v) is 6.15. The molecule has 0 amide bonds. The molecule has 0 rings (SSSR count). The first-order chi connectivity index (χ1) is 8.06. The Labute approximate surface area is 105 Å². The average molecular weight is 239 g/mol. The summed E-state index contributed by atoms with van der Waals surface area (Å²) in [6, 6.07) is 0. The fourth-order valence-electron chi connectivity index (χ4n) is 1.27. The standard InChI is InChI=1S/C14H25NO2/c1-5-6-9-13(2)12-17-14(16)10-7-8-11-15(3)4/h5-6,9H,7-8,10-12H2,1-4H3. The molecule has 3 nitrogen and oxygen atoms in total. The molecule has 0 radical (unpaired) electrons. The lowest BCUT2D eigenvalue weighted by Crippen LogP contribution is -2.13. The molecule has 0 aromatic carbocycles. The van der Waals surface area contributed by atoms with Gasteiger partial charge >= 0.3 is 5.97 Å². The van der Waals surface area contributed by atoms with Gasteiger partial charge in [-0.3, -0.25) is 4.79 Å². The van der Waals surface area contributed by atoms with Gasteiger partial charge in [-0.25, -0.2) is 0 Å². The molecule has 98 valence electrons. The van der Waals surface area contributed by atoms with Crippen molar-refractivity contribution < 1.29 is 9.53 Å². The normalized spacial score (nSPS) is 12.4. The molecule has 0 N–H and O–H groups in total. The number of hydrogen-bond donors (Lipinski definition) is 0. The predicted molar refractivity (Wildman–Crippen MR) is 71.9 cm³/mol. The molecule has 0 fully saturated rings. The fraction of sp³-hybridized carbons (Fsp3) is 0.643. The van der Waals surface area contributed by atoms with E-state index in [0.29, 0.717) is 13.0 Å². The topological polar surface area (TPSA) is 29.5 Å². The van der Waals surface area contributed by atoms with Gasteiger partial charge in [-0.2, -0.15) is 0 Å². The average Bonchev–Trinajstić information content (AvgIpc) is 2.29. The van der Waals surface area contributed by atoms with Gasteiger partial charge in [0.1, 0.15) is 6.61 Å². The summed E-state index contributed by atoms with van der Waals surface area (Å²) in [5.41, 5.74) is 1.06. The van der Waals surface area contributed by atoms with Gasteiger partial charge in [0.15, 0.2) is 0 Å². The highest BCUT2D eigenvalue weighted by Crippen LogP contribution is 2.01. The molecule has 0 unspecified atom stereocenters. The van der Waals surface area contributed by atoms with Crippen LogP contribution in [0.15, 0.2) is 23.8 Å². The van der Waals surface area contributed by atoms with Crippen molar-refractivity contribution in [2.75, 3.05) is 27.2 Å². The van der Waals surface area contributed by atoms with Crippen LogP contribution in [0.1, 0.15) is 33.1 Å². The Bertz CT molecular complexity index is 267. The van der Waals surface area contributed by atoms with E-state index < -0.39 is 0 Å². The van der Waals surface area contributed by atoms with E-state index in [2.05, 4.69) is 4.90 Å². The van der Waals surface area contributed by atoms with Crippen molar-refractivity contribution in [1.29, 1.82) is 0 Å². The molecule has 0 aliphatic rings. The van der Waals surface area contributed by atoms with Gasteiger partial charge in [-0.1, -0.05) is 18.2 Å². The molecular formula is C14H25NO2. The molecule has 0 aromatic heterocycles. The maximum atomic E-state index is 11.4. The minimum Gasteiger partial charge on any atom is -0.461 e. The number of carbonyl (C=O) groups excluding carboxylic acids is 1. The molecule has 0 aliphatic heterocycles. The summed E-state index contributed by atoms with van der Waals surface area (Å²) in [5, 5.41) is 0. The van der Waals surface area contributed by atoms with Gasteiger partial charge in [0.25, 0.3) is 0 Å². The third-order valence-electron chi connectivity index (χ3n) is 2.27. The van der Waals surface area contributed by atoms with Crippen LogP contribution < -0.4 is 0 Å². The van der Waals surface area contributed by atoms with Crippen LogP contribution in [0.4, 0.5) is 0 Å². The number of allylic oxidation sites excluding steroid dienone is 3. The minimum atomic E-state index is -0.100. The van der Waals surface area contributed by atoms with Gasteiger partial charge < -0.3 is 9.64 Å². The highest BCUT2D eigenvalue weighted by Gasteiger charge is 2.02. The van der Waals surface area contributed by atoms with Crippen LogP contribution in [0.2, 0.25) is 0 Å². The number of rotatable bonds is 8. The number of carbonyl (C=O) groups is 1. The van der Waals surface area contributed by atoms with E-state index in [0.717, 1.165) is 25.0 Å². The van der Waals surface area contributed by atoms with E-state index in [1.807, 2.05) is 46.2 Å². The summed E-state index contributed by atoms with van der Waals surface area (Å²) in [7, 11) is 4.07. The quantitative estimate of drug-likeness (QED) is 0.370.